The molecule has 0 saturated heterocycles. The van der Waals surface area contributed by atoms with E-state index < -0.39 is 0 Å². The minimum Gasteiger partial charge on any atom is -0.352 e. The van der Waals surface area contributed by atoms with E-state index in [0.29, 0.717) is 11.7 Å². The van der Waals surface area contributed by atoms with Gasteiger partial charge in [-0.1, -0.05) is 15.9 Å². The fraction of sp³-hybridized carbons (Fsp3) is 0.636. The average molecular weight is 311 g/mol. The lowest BCUT2D eigenvalue weighted by Crippen LogP contribution is -2.41. The lowest BCUT2D eigenvalue weighted by Gasteiger charge is -2.38. The zero-order valence-corrected chi connectivity index (χ0v) is 11.6. The van der Waals surface area contributed by atoms with Gasteiger partial charge < -0.3 is 4.90 Å². The Hall–Kier alpha value is -1.24. The van der Waals surface area contributed by atoms with Crippen LogP contribution in [-0.2, 0) is 0 Å². The van der Waals surface area contributed by atoms with Gasteiger partial charge in [0, 0.05) is 17.9 Å². The molecule has 1 saturated carbocycles. The summed E-state index contributed by atoms with van der Waals surface area (Å²) in [7, 11) is 0. The van der Waals surface area contributed by atoms with Crippen molar-refractivity contribution in [2.24, 2.45) is 0 Å². The maximum Gasteiger partial charge on any atom is 0.200 e. The molecule has 96 valence electrons. The Labute approximate surface area is 113 Å². The molecule has 2 aromatic heterocycles. The van der Waals surface area contributed by atoms with E-state index in [4.69, 9.17) is 0 Å². The van der Waals surface area contributed by atoms with Crippen LogP contribution in [-0.4, -0.2) is 43.2 Å². The summed E-state index contributed by atoms with van der Waals surface area (Å²) in [5.41, 5.74) is 0.688. The molecule has 0 amide bonds. The van der Waals surface area contributed by atoms with Crippen molar-refractivity contribution in [3.8, 4) is 0 Å². The first kappa shape index (κ1) is 11.8. The number of rotatable bonds is 5. The molecule has 0 unspecified atom stereocenters. The number of nitrogens with zero attached hydrogens (tertiary/aromatic N) is 6. The molecule has 1 fully saturated rings. The molecule has 0 aromatic carbocycles. The van der Waals surface area contributed by atoms with E-state index in [1.165, 1.54) is 23.9 Å². The highest BCUT2D eigenvalue weighted by molar-refractivity contribution is 9.09. The Morgan fingerprint density at radius 3 is 3.00 bits per heavy atom. The Morgan fingerprint density at radius 2 is 2.28 bits per heavy atom. The molecule has 0 aliphatic heterocycles. The van der Waals surface area contributed by atoms with Gasteiger partial charge in [-0.05, 0) is 48.2 Å². The van der Waals surface area contributed by atoms with Crippen molar-refractivity contribution in [3.63, 3.8) is 0 Å². The van der Waals surface area contributed by atoms with E-state index in [1.54, 1.807) is 0 Å². The van der Waals surface area contributed by atoms with Crippen LogP contribution < -0.4 is 4.90 Å². The van der Waals surface area contributed by atoms with E-state index in [-0.39, 0.29) is 0 Å². The van der Waals surface area contributed by atoms with Crippen LogP contribution >= 0.6 is 15.9 Å². The third-order valence-corrected chi connectivity index (χ3v) is 3.96. The van der Waals surface area contributed by atoms with Gasteiger partial charge in [0.15, 0.2) is 11.5 Å². The lowest BCUT2D eigenvalue weighted by atomic mass is 9.91. The molecule has 1 aliphatic carbocycles. The van der Waals surface area contributed by atoms with Crippen molar-refractivity contribution < 1.29 is 0 Å². The predicted octanol–water partition coefficient (Wildman–Crippen LogP) is 1.66. The number of anilines is 1. The molecule has 0 bridgehead atoms. The van der Waals surface area contributed by atoms with Crippen LogP contribution in [0.4, 0.5) is 5.82 Å². The molecule has 0 spiro atoms. The van der Waals surface area contributed by atoms with E-state index in [2.05, 4.69) is 41.5 Å². The van der Waals surface area contributed by atoms with Crippen LogP contribution in [0.5, 0.6) is 0 Å². The molecular formula is C11H15BrN6. The average Bonchev–Trinajstić information content (AvgIpc) is 2.78. The van der Waals surface area contributed by atoms with Gasteiger partial charge in [-0.15, -0.1) is 14.8 Å². The molecule has 0 radical (unpaired) electrons. The number of alkyl halides is 1. The zero-order chi connectivity index (χ0) is 12.4. The minimum atomic E-state index is 0.630. The molecule has 0 atom stereocenters. The maximum atomic E-state index is 4.48. The molecule has 18 heavy (non-hydrogen) atoms. The smallest absolute Gasteiger partial charge is 0.200 e. The molecule has 3 rings (SSSR count). The van der Waals surface area contributed by atoms with Gasteiger partial charge >= 0.3 is 0 Å². The molecule has 0 N–H and O–H groups in total. The normalized spacial score (nSPS) is 15.8. The zero-order valence-electron chi connectivity index (χ0n) is 10.0. The summed E-state index contributed by atoms with van der Waals surface area (Å²) in [5, 5.41) is 16.8. The van der Waals surface area contributed by atoms with Crippen molar-refractivity contribution >= 4 is 27.4 Å². The second kappa shape index (κ2) is 5.17. The first-order valence-corrected chi connectivity index (χ1v) is 7.38. The molecule has 2 aromatic rings. The van der Waals surface area contributed by atoms with Crippen LogP contribution in [0, 0.1) is 0 Å². The fourth-order valence-electron chi connectivity index (χ4n) is 2.21. The quantitative estimate of drug-likeness (QED) is 0.786. The number of fused-ring (bicyclic) bond motifs is 1. The molecular weight excluding hydrogens is 296 g/mol. The SMILES string of the molecule is BrCCCN(c1ccc2nnnn2n1)C1CCC1. The summed E-state index contributed by atoms with van der Waals surface area (Å²) in [6, 6.07) is 4.56. The van der Waals surface area contributed by atoms with Gasteiger partial charge in [-0.3, -0.25) is 0 Å². The highest BCUT2D eigenvalue weighted by Gasteiger charge is 2.26. The van der Waals surface area contributed by atoms with Crippen molar-refractivity contribution in [3.05, 3.63) is 12.1 Å². The van der Waals surface area contributed by atoms with Gasteiger partial charge in [0.1, 0.15) is 0 Å². The second-order valence-electron chi connectivity index (χ2n) is 4.54. The predicted molar refractivity (Wildman–Crippen MR) is 72.0 cm³/mol. The Kier molecular flexibility index (Phi) is 3.40. The van der Waals surface area contributed by atoms with Crippen LogP contribution in [0.25, 0.3) is 5.65 Å². The molecule has 2 heterocycles. The van der Waals surface area contributed by atoms with Gasteiger partial charge in [0.05, 0.1) is 0 Å². The van der Waals surface area contributed by atoms with Crippen molar-refractivity contribution in [2.75, 3.05) is 16.8 Å². The number of aromatic nitrogens is 5. The second-order valence-corrected chi connectivity index (χ2v) is 5.33. The fourth-order valence-corrected chi connectivity index (χ4v) is 2.46. The Balaban J connectivity index is 1.86. The first-order valence-electron chi connectivity index (χ1n) is 6.26. The standard InChI is InChI=1S/C11H15BrN6/c12-7-2-8-17(9-3-1-4-9)11-6-5-10-13-15-16-18(10)14-11/h5-6,9H,1-4,7-8H2. The number of tetrazole rings is 1. The van der Waals surface area contributed by atoms with Crippen molar-refractivity contribution in [1.82, 2.24) is 25.3 Å². The Bertz CT molecular complexity index is 523. The van der Waals surface area contributed by atoms with Gasteiger partial charge in [0.25, 0.3) is 0 Å². The van der Waals surface area contributed by atoms with E-state index in [1.807, 2.05) is 12.1 Å². The van der Waals surface area contributed by atoms with Crippen molar-refractivity contribution in [1.29, 1.82) is 0 Å². The van der Waals surface area contributed by atoms with Gasteiger partial charge in [0.2, 0.25) is 0 Å². The minimum absolute atomic E-state index is 0.630. The highest BCUT2D eigenvalue weighted by Crippen LogP contribution is 2.28. The van der Waals surface area contributed by atoms with E-state index in [0.717, 1.165) is 24.1 Å². The maximum absolute atomic E-state index is 4.48. The highest BCUT2D eigenvalue weighted by atomic mass is 79.9. The number of hydrogen-bond donors (Lipinski definition) is 0. The van der Waals surface area contributed by atoms with E-state index in [9.17, 15) is 0 Å². The number of halogens is 1. The van der Waals surface area contributed by atoms with E-state index >= 15 is 0 Å². The summed E-state index contributed by atoms with van der Waals surface area (Å²) in [6.07, 6.45) is 4.96. The van der Waals surface area contributed by atoms with Crippen LogP contribution in [0.15, 0.2) is 12.1 Å². The summed E-state index contributed by atoms with van der Waals surface area (Å²) < 4.78 is 1.50. The monoisotopic (exact) mass is 310 g/mol. The summed E-state index contributed by atoms with van der Waals surface area (Å²) >= 11 is 3.49. The molecule has 6 nitrogen and oxygen atoms in total. The Morgan fingerprint density at radius 1 is 1.39 bits per heavy atom. The first-order chi connectivity index (χ1) is 8.88. The summed E-state index contributed by atoms with van der Waals surface area (Å²) in [4.78, 5) is 2.38. The van der Waals surface area contributed by atoms with Crippen LogP contribution in [0.2, 0.25) is 0 Å². The third kappa shape index (κ3) is 2.19. The number of hydrogen-bond acceptors (Lipinski definition) is 5. The van der Waals surface area contributed by atoms with Gasteiger partial charge in [-0.25, -0.2) is 0 Å². The van der Waals surface area contributed by atoms with Crippen LogP contribution in [0.3, 0.4) is 0 Å². The topological polar surface area (TPSA) is 59.2 Å². The summed E-state index contributed by atoms with van der Waals surface area (Å²) in [5.74, 6) is 0.973. The van der Waals surface area contributed by atoms with Gasteiger partial charge in [-0.2, -0.15) is 0 Å². The van der Waals surface area contributed by atoms with Crippen LogP contribution in [0.1, 0.15) is 25.7 Å². The van der Waals surface area contributed by atoms with Crippen molar-refractivity contribution in [2.45, 2.75) is 31.7 Å². The molecule has 7 heteroatoms. The third-order valence-electron chi connectivity index (χ3n) is 3.40. The molecule has 1 aliphatic rings. The summed E-state index contributed by atoms with van der Waals surface area (Å²) in [6.45, 7) is 1.02. The largest absolute Gasteiger partial charge is 0.352 e. The lowest BCUT2D eigenvalue weighted by molar-refractivity contribution is 0.382.